The Labute approximate surface area is 212 Å². The van der Waals surface area contributed by atoms with Gasteiger partial charge in [0.2, 0.25) is 0 Å². The van der Waals surface area contributed by atoms with Crippen LogP contribution >= 0.6 is 0 Å². The second kappa shape index (κ2) is 13.7. The minimum Gasteiger partial charge on any atom is -0.331 e. The Morgan fingerprint density at radius 3 is 2.03 bits per heavy atom. The maximum atomic E-state index is 2.79. The quantitative estimate of drug-likeness (QED) is 0.383. The summed E-state index contributed by atoms with van der Waals surface area (Å²) in [6.07, 6.45) is 24.3. The van der Waals surface area contributed by atoms with Crippen molar-refractivity contribution in [3.05, 3.63) is 48.7 Å². The van der Waals surface area contributed by atoms with Gasteiger partial charge in [-0.1, -0.05) is 107 Å². The van der Waals surface area contributed by atoms with E-state index in [4.69, 9.17) is 0 Å². The van der Waals surface area contributed by atoms with Crippen LogP contribution in [0, 0.1) is 36.5 Å². The SMILES string of the molecule is C1CCCC1.C1CCCC1.C[CH-][C@H]1C[C@@H]2CN(Cc3ccccc3)[C@@H]3CC[CH-][C@H]1[C@H]23.[Zr+2]. The molecule has 0 N–H and O–H groups in total. The summed E-state index contributed by atoms with van der Waals surface area (Å²) >= 11 is 0. The first-order chi connectivity index (χ1) is 14.9. The Hall–Kier alpha value is 0.0631. The predicted octanol–water partition coefficient (Wildman–Crippen LogP) is 7.86. The van der Waals surface area contributed by atoms with Crippen molar-refractivity contribution in [2.45, 2.75) is 103 Å². The van der Waals surface area contributed by atoms with Gasteiger partial charge in [-0.3, -0.25) is 4.90 Å². The minimum absolute atomic E-state index is 0. The van der Waals surface area contributed by atoms with Crippen LogP contribution in [0.3, 0.4) is 0 Å². The molecule has 1 aromatic rings. The van der Waals surface area contributed by atoms with E-state index in [1.54, 1.807) is 0 Å². The van der Waals surface area contributed by atoms with E-state index in [0.717, 1.165) is 36.3 Å². The van der Waals surface area contributed by atoms with Gasteiger partial charge < -0.3 is 12.8 Å². The van der Waals surface area contributed by atoms with E-state index >= 15 is 0 Å². The first-order valence-electron chi connectivity index (χ1n) is 13.3. The van der Waals surface area contributed by atoms with Crippen LogP contribution in [0.5, 0.6) is 0 Å². The largest absolute Gasteiger partial charge is 2.00 e. The van der Waals surface area contributed by atoms with Crippen molar-refractivity contribution in [2.24, 2.45) is 23.7 Å². The number of nitrogens with zero attached hydrogens (tertiary/aromatic N) is 1. The first kappa shape index (κ1) is 25.7. The molecule has 6 rings (SSSR count). The maximum Gasteiger partial charge on any atom is 2.00 e. The Bertz CT molecular complexity index is 569. The fraction of sp³-hybridized carbons (Fsp3) is 0.724. The molecule has 0 aromatic heterocycles. The third-order valence-electron chi connectivity index (χ3n) is 8.50. The number of benzene rings is 1. The zero-order valence-corrected chi connectivity index (χ0v) is 22.4. The van der Waals surface area contributed by atoms with Gasteiger partial charge in [0.05, 0.1) is 0 Å². The Morgan fingerprint density at radius 2 is 1.48 bits per heavy atom. The van der Waals surface area contributed by atoms with E-state index in [-0.39, 0.29) is 26.2 Å². The fourth-order valence-electron chi connectivity index (χ4n) is 7.00. The molecule has 0 spiro atoms. The Kier molecular flexibility index (Phi) is 11.3. The molecule has 170 valence electrons. The second-order valence-corrected chi connectivity index (χ2v) is 10.5. The summed E-state index contributed by atoms with van der Waals surface area (Å²) in [6, 6.07) is 11.9. The van der Waals surface area contributed by atoms with Gasteiger partial charge in [0.1, 0.15) is 0 Å². The molecular formula is C29H45NZr. The smallest absolute Gasteiger partial charge is 0.331 e. The molecule has 1 saturated heterocycles. The van der Waals surface area contributed by atoms with Crippen molar-refractivity contribution in [1.29, 1.82) is 0 Å². The number of rotatable bonds is 3. The molecular weight excluding hydrogens is 454 g/mol. The van der Waals surface area contributed by atoms with Crippen LogP contribution in [0.2, 0.25) is 0 Å². The van der Waals surface area contributed by atoms with Crippen molar-refractivity contribution in [2.75, 3.05) is 6.54 Å². The molecule has 4 aliphatic carbocycles. The van der Waals surface area contributed by atoms with Crippen LogP contribution in [0.25, 0.3) is 0 Å². The van der Waals surface area contributed by atoms with Gasteiger partial charge in [0, 0.05) is 19.1 Å². The average molecular weight is 499 g/mol. The molecule has 1 heterocycles. The molecule has 4 saturated carbocycles. The molecule has 1 nitrogen and oxygen atoms in total. The Balaban J connectivity index is 0.000000204. The predicted molar refractivity (Wildman–Crippen MR) is 129 cm³/mol. The van der Waals surface area contributed by atoms with Crippen molar-refractivity contribution in [1.82, 2.24) is 4.90 Å². The number of hydrogen-bond donors (Lipinski definition) is 0. The summed E-state index contributed by atoms with van der Waals surface area (Å²) < 4.78 is 0. The van der Waals surface area contributed by atoms with Crippen LogP contribution in [-0.2, 0) is 32.7 Å². The third kappa shape index (κ3) is 7.02. The monoisotopic (exact) mass is 497 g/mol. The molecule has 0 unspecified atom stereocenters. The fourth-order valence-corrected chi connectivity index (χ4v) is 7.00. The molecule has 2 heteroatoms. The maximum absolute atomic E-state index is 2.79. The molecule has 0 amide bonds. The van der Waals surface area contributed by atoms with Crippen LogP contribution in [0.4, 0.5) is 0 Å². The number of likely N-dealkylation sites (tertiary alicyclic amines) is 1. The first-order valence-corrected chi connectivity index (χ1v) is 13.3. The summed E-state index contributed by atoms with van der Waals surface area (Å²) in [6.45, 7) is 4.76. The van der Waals surface area contributed by atoms with E-state index in [1.165, 1.54) is 95.6 Å². The van der Waals surface area contributed by atoms with E-state index in [9.17, 15) is 0 Å². The van der Waals surface area contributed by atoms with Crippen molar-refractivity contribution in [3.63, 3.8) is 0 Å². The standard InChI is InChI=1S/C19H25N.2C5H10.Zr/c1-2-15-11-16-13-20(12-14-7-4-3-5-8-14)18-10-6-9-17(15)19(16)18;2*1-2-4-5-3-1;/h2-5,7-9,15-19H,6,10-13H2,1H3;2*1-5H2;/q-2;;;+2/t15-,16+,17+,18+,19-;;;/m0.../s1. The molecule has 1 aliphatic heterocycles. The summed E-state index contributed by atoms with van der Waals surface area (Å²) in [7, 11) is 0. The van der Waals surface area contributed by atoms with E-state index in [2.05, 4.69) is 55.0 Å². The normalized spacial score (nSPS) is 33.5. The van der Waals surface area contributed by atoms with E-state index < -0.39 is 0 Å². The third-order valence-corrected chi connectivity index (χ3v) is 8.50. The summed E-state index contributed by atoms with van der Waals surface area (Å²) in [4.78, 5) is 2.79. The van der Waals surface area contributed by atoms with E-state index in [1.807, 2.05) is 0 Å². The summed E-state index contributed by atoms with van der Waals surface area (Å²) in [5.41, 5.74) is 1.48. The molecule has 5 fully saturated rings. The van der Waals surface area contributed by atoms with Crippen molar-refractivity contribution >= 4 is 0 Å². The minimum atomic E-state index is 0. The molecule has 31 heavy (non-hydrogen) atoms. The van der Waals surface area contributed by atoms with E-state index in [0.29, 0.717) is 0 Å². The van der Waals surface area contributed by atoms with Crippen LogP contribution < -0.4 is 0 Å². The molecule has 1 aromatic carbocycles. The topological polar surface area (TPSA) is 3.24 Å². The van der Waals surface area contributed by atoms with Crippen LogP contribution in [0.1, 0.15) is 96.0 Å². The zero-order valence-electron chi connectivity index (χ0n) is 20.0. The van der Waals surface area contributed by atoms with Gasteiger partial charge in [-0.15, -0.1) is 0 Å². The second-order valence-electron chi connectivity index (χ2n) is 10.5. The van der Waals surface area contributed by atoms with Gasteiger partial charge in [0.25, 0.3) is 0 Å². The molecule has 0 radical (unpaired) electrons. The molecule has 0 bridgehead atoms. The van der Waals surface area contributed by atoms with Gasteiger partial charge in [0.15, 0.2) is 0 Å². The van der Waals surface area contributed by atoms with Crippen LogP contribution in [0.15, 0.2) is 30.3 Å². The summed E-state index contributed by atoms with van der Waals surface area (Å²) in [5.74, 6) is 3.65. The van der Waals surface area contributed by atoms with Gasteiger partial charge >= 0.3 is 26.2 Å². The summed E-state index contributed by atoms with van der Waals surface area (Å²) in [5, 5.41) is 0. The van der Waals surface area contributed by atoms with Gasteiger partial charge in [-0.2, -0.15) is 25.2 Å². The molecule has 5 aliphatic rings. The molecule has 5 atom stereocenters. The zero-order chi connectivity index (χ0) is 20.6. The van der Waals surface area contributed by atoms with Gasteiger partial charge in [-0.25, -0.2) is 0 Å². The Morgan fingerprint density at radius 1 is 0.903 bits per heavy atom. The van der Waals surface area contributed by atoms with Crippen LogP contribution in [-0.4, -0.2) is 17.5 Å². The van der Waals surface area contributed by atoms with Crippen molar-refractivity contribution < 1.29 is 26.2 Å². The number of hydrogen-bond acceptors (Lipinski definition) is 1. The van der Waals surface area contributed by atoms with Crippen molar-refractivity contribution in [3.8, 4) is 0 Å². The average Bonchev–Trinajstić information content (AvgIpc) is 3.60. The van der Waals surface area contributed by atoms with Gasteiger partial charge in [-0.05, 0) is 17.4 Å².